The maximum Gasteiger partial charge on any atom is 0.120 e. The van der Waals surface area contributed by atoms with Gasteiger partial charge in [-0.2, -0.15) is 0 Å². The molecule has 4 nitrogen and oxygen atoms in total. The second kappa shape index (κ2) is 7.91. The number of hydrogen-bond acceptors (Lipinski definition) is 3. The van der Waals surface area contributed by atoms with Crippen LogP contribution in [0.2, 0.25) is 0 Å². The predicted octanol–water partition coefficient (Wildman–Crippen LogP) is 5.22. The first-order chi connectivity index (χ1) is 12.7. The van der Waals surface area contributed by atoms with Gasteiger partial charge in [0.15, 0.2) is 0 Å². The van der Waals surface area contributed by atoms with Gasteiger partial charge in [0.1, 0.15) is 12.4 Å². The molecule has 0 saturated heterocycles. The molecule has 0 fully saturated rings. The van der Waals surface area contributed by atoms with Crippen LogP contribution >= 0.6 is 0 Å². The zero-order valence-electron chi connectivity index (χ0n) is 15.7. The predicted molar refractivity (Wildman–Crippen MR) is 106 cm³/mol. The van der Waals surface area contributed by atoms with Crippen molar-refractivity contribution in [3.63, 3.8) is 0 Å². The SMILES string of the molecule is CCO/N=C(/C)c1cc(-c2ccccc2)n(-c2cccc(OC)c2)c1C. The molecule has 0 atom stereocenters. The third kappa shape index (κ3) is 3.49. The van der Waals surface area contributed by atoms with Crippen LogP contribution in [0.15, 0.2) is 65.8 Å². The molecule has 134 valence electrons. The maximum absolute atomic E-state index is 5.41. The molecular formula is C22H24N2O2. The Morgan fingerprint density at radius 1 is 1.04 bits per heavy atom. The molecule has 0 radical (unpaired) electrons. The second-order valence-electron chi connectivity index (χ2n) is 6.03. The van der Waals surface area contributed by atoms with Crippen LogP contribution in [-0.4, -0.2) is 24.0 Å². The molecule has 3 aromatic rings. The fourth-order valence-electron chi connectivity index (χ4n) is 3.09. The van der Waals surface area contributed by atoms with E-state index in [2.05, 4.69) is 40.9 Å². The highest BCUT2D eigenvalue weighted by Crippen LogP contribution is 2.31. The van der Waals surface area contributed by atoms with Gasteiger partial charge in [-0.3, -0.25) is 0 Å². The van der Waals surface area contributed by atoms with E-state index >= 15 is 0 Å². The first kappa shape index (κ1) is 17.8. The zero-order valence-corrected chi connectivity index (χ0v) is 15.7. The van der Waals surface area contributed by atoms with Crippen molar-refractivity contribution >= 4 is 5.71 Å². The lowest BCUT2D eigenvalue weighted by atomic mass is 10.1. The molecule has 4 heteroatoms. The normalized spacial score (nSPS) is 11.5. The number of nitrogens with zero attached hydrogens (tertiary/aromatic N) is 2. The minimum Gasteiger partial charge on any atom is -0.497 e. The molecule has 3 rings (SSSR count). The number of hydrogen-bond donors (Lipinski definition) is 0. The van der Waals surface area contributed by atoms with Gasteiger partial charge in [-0.1, -0.05) is 41.6 Å². The van der Waals surface area contributed by atoms with Crippen molar-refractivity contribution in [1.29, 1.82) is 0 Å². The average Bonchev–Trinajstić information content (AvgIpc) is 3.04. The van der Waals surface area contributed by atoms with Crippen LogP contribution in [0.5, 0.6) is 5.75 Å². The van der Waals surface area contributed by atoms with Crippen molar-refractivity contribution in [1.82, 2.24) is 4.57 Å². The number of rotatable bonds is 6. The average molecular weight is 348 g/mol. The van der Waals surface area contributed by atoms with Crippen LogP contribution in [-0.2, 0) is 4.84 Å². The topological polar surface area (TPSA) is 35.8 Å². The summed E-state index contributed by atoms with van der Waals surface area (Å²) in [4.78, 5) is 5.26. The molecule has 0 unspecified atom stereocenters. The number of methoxy groups -OCH3 is 1. The zero-order chi connectivity index (χ0) is 18.5. The van der Waals surface area contributed by atoms with Crippen LogP contribution in [0.25, 0.3) is 16.9 Å². The van der Waals surface area contributed by atoms with Crippen molar-refractivity contribution in [2.24, 2.45) is 5.16 Å². The number of oxime groups is 1. The van der Waals surface area contributed by atoms with E-state index in [4.69, 9.17) is 9.57 Å². The van der Waals surface area contributed by atoms with Crippen LogP contribution in [0.3, 0.4) is 0 Å². The molecule has 0 aliphatic heterocycles. The number of ether oxygens (including phenoxy) is 1. The van der Waals surface area contributed by atoms with E-state index in [1.54, 1.807) is 7.11 Å². The van der Waals surface area contributed by atoms with E-state index in [1.807, 2.05) is 50.2 Å². The lowest BCUT2D eigenvalue weighted by Gasteiger charge is -2.13. The third-order valence-electron chi connectivity index (χ3n) is 4.35. The molecule has 0 spiro atoms. The maximum atomic E-state index is 5.41. The van der Waals surface area contributed by atoms with Crippen LogP contribution < -0.4 is 4.74 Å². The quantitative estimate of drug-likeness (QED) is 0.452. The lowest BCUT2D eigenvalue weighted by molar-refractivity contribution is 0.159. The van der Waals surface area contributed by atoms with Gasteiger partial charge in [0.05, 0.1) is 18.5 Å². The second-order valence-corrected chi connectivity index (χ2v) is 6.03. The molecule has 0 saturated carbocycles. The van der Waals surface area contributed by atoms with Gasteiger partial charge in [0.2, 0.25) is 0 Å². The smallest absolute Gasteiger partial charge is 0.120 e. The van der Waals surface area contributed by atoms with E-state index in [9.17, 15) is 0 Å². The summed E-state index contributed by atoms with van der Waals surface area (Å²) in [5.74, 6) is 0.830. The van der Waals surface area contributed by atoms with E-state index in [1.165, 1.54) is 0 Å². The first-order valence-corrected chi connectivity index (χ1v) is 8.74. The van der Waals surface area contributed by atoms with Gasteiger partial charge in [-0.25, -0.2) is 0 Å². The van der Waals surface area contributed by atoms with Gasteiger partial charge in [-0.15, -0.1) is 0 Å². The largest absolute Gasteiger partial charge is 0.497 e. The molecule has 0 N–H and O–H groups in total. The molecule has 0 aliphatic rings. The van der Waals surface area contributed by atoms with E-state index < -0.39 is 0 Å². The summed E-state index contributed by atoms with van der Waals surface area (Å²) in [6.45, 7) is 6.56. The Hall–Kier alpha value is -3.01. The van der Waals surface area contributed by atoms with Crippen molar-refractivity contribution in [3.05, 3.63) is 71.9 Å². The number of benzene rings is 2. The van der Waals surface area contributed by atoms with Crippen molar-refractivity contribution in [3.8, 4) is 22.7 Å². The highest BCUT2D eigenvalue weighted by Gasteiger charge is 2.17. The molecule has 2 aromatic carbocycles. The lowest BCUT2D eigenvalue weighted by Crippen LogP contribution is -2.02. The summed E-state index contributed by atoms with van der Waals surface area (Å²) in [5, 5.41) is 4.23. The van der Waals surface area contributed by atoms with Crippen molar-refractivity contribution < 1.29 is 9.57 Å². The van der Waals surface area contributed by atoms with E-state index in [0.717, 1.165) is 39.7 Å². The summed E-state index contributed by atoms with van der Waals surface area (Å²) < 4.78 is 7.65. The number of aromatic nitrogens is 1. The highest BCUT2D eigenvalue weighted by molar-refractivity contribution is 6.01. The fraction of sp³-hybridized carbons (Fsp3) is 0.227. The molecule has 1 aromatic heterocycles. The molecular weight excluding hydrogens is 324 g/mol. The third-order valence-corrected chi connectivity index (χ3v) is 4.35. The highest BCUT2D eigenvalue weighted by atomic mass is 16.6. The summed E-state index contributed by atoms with van der Waals surface area (Å²) in [6, 6.07) is 20.6. The minimum absolute atomic E-state index is 0.554. The van der Waals surface area contributed by atoms with Crippen LogP contribution in [0, 0.1) is 6.92 Å². The summed E-state index contributed by atoms with van der Waals surface area (Å²) in [6.07, 6.45) is 0. The molecule has 1 heterocycles. The Morgan fingerprint density at radius 2 is 1.81 bits per heavy atom. The Kier molecular flexibility index (Phi) is 5.42. The van der Waals surface area contributed by atoms with E-state index in [-0.39, 0.29) is 0 Å². The Balaban J connectivity index is 2.22. The Bertz CT molecular complexity index is 911. The van der Waals surface area contributed by atoms with Crippen molar-refractivity contribution in [2.75, 3.05) is 13.7 Å². The molecule has 0 amide bonds. The summed E-state index contributed by atoms with van der Waals surface area (Å²) >= 11 is 0. The summed E-state index contributed by atoms with van der Waals surface area (Å²) in [7, 11) is 1.68. The Morgan fingerprint density at radius 3 is 2.50 bits per heavy atom. The van der Waals surface area contributed by atoms with Gasteiger partial charge in [-0.05, 0) is 44.5 Å². The Labute approximate surface area is 154 Å². The van der Waals surface area contributed by atoms with Gasteiger partial charge in [0, 0.05) is 23.0 Å². The fourth-order valence-corrected chi connectivity index (χ4v) is 3.09. The van der Waals surface area contributed by atoms with Gasteiger partial charge >= 0.3 is 0 Å². The minimum atomic E-state index is 0.554. The van der Waals surface area contributed by atoms with E-state index in [0.29, 0.717) is 6.61 Å². The van der Waals surface area contributed by atoms with Crippen LogP contribution in [0.1, 0.15) is 25.1 Å². The first-order valence-electron chi connectivity index (χ1n) is 8.74. The van der Waals surface area contributed by atoms with Gasteiger partial charge in [0.25, 0.3) is 0 Å². The van der Waals surface area contributed by atoms with Crippen LogP contribution in [0.4, 0.5) is 0 Å². The van der Waals surface area contributed by atoms with Gasteiger partial charge < -0.3 is 14.1 Å². The summed E-state index contributed by atoms with van der Waals surface area (Å²) in [5.41, 5.74) is 6.35. The molecule has 26 heavy (non-hydrogen) atoms. The standard InChI is InChI=1S/C22H24N2O2/c1-5-26-23-16(2)21-15-22(18-10-7-6-8-11-18)24(17(21)3)19-12-9-13-20(14-19)25-4/h6-15H,5H2,1-4H3/b23-16-. The molecule has 0 aliphatic carbocycles. The molecule has 0 bridgehead atoms. The van der Waals surface area contributed by atoms with Crippen molar-refractivity contribution in [2.45, 2.75) is 20.8 Å². The monoisotopic (exact) mass is 348 g/mol.